The van der Waals surface area contributed by atoms with Crippen molar-refractivity contribution in [3.63, 3.8) is 0 Å². The fourth-order valence-electron chi connectivity index (χ4n) is 2.93. The number of hydrogen-bond acceptors (Lipinski definition) is 4. The normalized spacial score (nSPS) is 10.7. The summed E-state index contributed by atoms with van der Waals surface area (Å²) in [5.41, 5.74) is 2.74. The van der Waals surface area contributed by atoms with Crippen molar-refractivity contribution in [3.05, 3.63) is 83.1 Å². The molecule has 0 radical (unpaired) electrons. The van der Waals surface area contributed by atoms with E-state index in [0.717, 1.165) is 17.1 Å². The van der Waals surface area contributed by atoms with Gasteiger partial charge in [-0.1, -0.05) is 41.9 Å². The van der Waals surface area contributed by atoms with Gasteiger partial charge < -0.3 is 15.0 Å². The predicted octanol–water partition coefficient (Wildman–Crippen LogP) is 4.82. The Balaban J connectivity index is 1.47. The number of rotatable bonds is 5. The summed E-state index contributed by atoms with van der Waals surface area (Å²) in [6, 6.07) is 18.1. The number of hydrogen-bond donors (Lipinski definition) is 2. The topological polar surface area (TPSA) is 84.1 Å². The molecule has 0 saturated carbocycles. The Morgan fingerprint density at radius 3 is 2.63 bits per heavy atom. The summed E-state index contributed by atoms with van der Waals surface area (Å²) in [5.74, 6) is -1.32. The van der Waals surface area contributed by atoms with Crippen LogP contribution in [0.2, 0.25) is 5.02 Å². The van der Waals surface area contributed by atoms with Crippen LogP contribution in [0.4, 0.5) is 10.1 Å². The number of esters is 1. The first-order valence-corrected chi connectivity index (χ1v) is 9.35. The van der Waals surface area contributed by atoms with Crippen LogP contribution in [-0.2, 0) is 9.53 Å². The zero-order chi connectivity index (χ0) is 21.1. The lowest BCUT2D eigenvalue weighted by Crippen LogP contribution is -2.21. The zero-order valence-corrected chi connectivity index (χ0v) is 16.2. The molecule has 150 valence electrons. The summed E-state index contributed by atoms with van der Waals surface area (Å²) in [6.45, 7) is -0.512. The van der Waals surface area contributed by atoms with Crippen LogP contribution >= 0.6 is 11.6 Å². The number of halogens is 2. The first-order chi connectivity index (χ1) is 14.5. The molecule has 0 saturated heterocycles. The fraction of sp³-hybridized carbons (Fsp3) is 0.0455. The number of aromatic amines is 1. The van der Waals surface area contributed by atoms with Crippen molar-refractivity contribution >= 4 is 40.2 Å². The molecule has 0 bridgehead atoms. The number of nitrogens with one attached hydrogen (secondary N) is 2. The van der Waals surface area contributed by atoms with Crippen molar-refractivity contribution in [2.75, 3.05) is 11.9 Å². The van der Waals surface area contributed by atoms with E-state index in [1.807, 2.05) is 24.3 Å². The third kappa shape index (κ3) is 4.16. The van der Waals surface area contributed by atoms with E-state index in [2.05, 4.69) is 15.3 Å². The highest BCUT2D eigenvalue weighted by Gasteiger charge is 2.17. The van der Waals surface area contributed by atoms with Gasteiger partial charge >= 0.3 is 5.97 Å². The average Bonchev–Trinajstić information content (AvgIpc) is 3.19. The molecule has 4 aromatic rings. The number of aromatic nitrogens is 2. The smallest absolute Gasteiger partial charge is 0.339 e. The Hall–Kier alpha value is -3.71. The Morgan fingerprint density at radius 1 is 1.07 bits per heavy atom. The molecule has 8 heteroatoms. The lowest BCUT2D eigenvalue weighted by atomic mass is 10.1. The molecule has 0 fully saturated rings. The average molecular weight is 424 g/mol. The lowest BCUT2D eigenvalue weighted by Gasteiger charge is -2.09. The Bertz CT molecular complexity index is 1220. The Kier molecular flexibility index (Phi) is 5.45. The third-order valence-corrected chi connectivity index (χ3v) is 4.62. The molecular weight excluding hydrogens is 409 g/mol. The molecule has 30 heavy (non-hydrogen) atoms. The van der Waals surface area contributed by atoms with Crippen LogP contribution in [0.25, 0.3) is 22.4 Å². The van der Waals surface area contributed by atoms with Gasteiger partial charge in [0.2, 0.25) is 0 Å². The molecule has 0 atom stereocenters. The van der Waals surface area contributed by atoms with Gasteiger partial charge in [0.1, 0.15) is 11.6 Å². The van der Waals surface area contributed by atoms with Crippen LogP contribution in [0.5, 0.6) is 0 Å². The van der Waals surface area contributed by atoms with Gasteiger partial charge in [0.25, 0.3) is 5.91 Å². The molecule has 6 nitrogen and oxygen atoms in total. The molecular formula is C22H15ClFN3O3. The first-order valence-electron chi connectivity index (χ1n) is 8.97. The van der Waals surface area contributed by atoms with Crippen molar-refractivity contribution in [1.29, 1.82) is 0 Å². The van der Waals surface area contributed by atoms with E-state index in [0.29, 0.717) is 17.1 Å². The van der Waals surface area contributed by atoms with Gasteiger partial charge in [-0.05, 0) is 36.4 Å². The molecule has 1 amide bonds. The summed E-state index contributed by atoms with van der Waals surface area (Å²) < 4.78 is 18.4. The van der Waals surface area contributed by atoms with Crippen molar-refractivity contribution in [3.8, 4) is 11.4 Å². The van der Waals surface area contributed by atoms with Crippen LogP contribution in [-0.4, -0.2) is 28.5 Å². The molecule has 2 N–H and O–H groups in total. The summed E-state index contributed by atoms with van der Waals surface area (Å²) in [4.78, 5) is 32.3. The number of H-pyrrole nitrogens is 1. The molecule has 0 aliphatic carbocycles. The van der Waals surface area contributed by atoms with E-state index in [9.17, 15) is 14.0 Å². The molecule has 3 aromatic carbocycles. The number of anilines is 1. The number of para-hydroxylation sites is 2. The highest BCUT2D eigenvalue weighted by atomic mass is 35.5. The van der Waals surface area contributed by atoms with Crippen molar-refractivity contribution in [2.24, 2.45) is 0 Å². The number of imidazole rings is 1. The summed E-state index contributed by atoms with van der Waals surface area (Å²) in [7, 11) is 0. The van der Waals surface area contributed by atoms with Crippen LogP contribution in [0, 0.1) is 5.82 Å². The van der Waals surface area contributed by atoms with Crippen molar-refractivity contribution in [2.45, 2.75) is 0 Å². The number of carbonyl (C=O) groups is 2. The summed E-state index contributed by atoms with van der Waals surface area (Å²) in [6.07, 6.45) is 0. The Labute approximate surface area is 175 Å². The van der Waals surface area contributed by atoms with Crippen LogP contribution in [0.1, 0.15) is 10.4 Å². The second kappa shape index (κ2) is 8.34. The maximum absolute atomic E-state index is 13.2. The minimum Gasteiger partial charge on any atom is -0.452 e. The maximum Gasteiger partial charge on any atom is 0.339 e. The minimum absolute atomic E-state index is 0.121. The molecule has 1 aromatic heterocycles. The van der Waals surface area contributed by atoms with Crippen LogP contribution in [0.15, 0.2) is 66.7 Å². The zero-order valence-electron chi connectivity index (χ0n) is 15.5. The van der Waals surface area contributed by atoms with E-state index >= 15 is 0 Å². The lowest BCUT2D eigenvalue weighted by molar-refractivity contribution is -0.119. The fourth-order valence-corrected chi connectivity index (χ4v) is 3.11. The predicted molar refractivity (Wildman–Crippen MR) is 112 cm³/mol. The second-order valence-electron chi connectivity index (χ2n) is 6.40. The SMILES string of the molecule is O=C(COC(=O)c1ccccc1-c1nc2ccccc2[nH]1)Nc1ccc(F)c(Cl)c1. The third-order valence-electron chi connectivity index (χ3n) is 4.33. The summed E-state index contributed by atoms with van der Waals surface area (Å²) >= 11 is 5.69. The maximum atomic E-state index is 13.2. The van der Waals surface area contributed by atoms with Crippen molar-refractivity contribution < 1.29 is 18.7 Å². The van der Waals surface area contributed by atoms with Gasteiger partial charge in [0.05, 0.1) is 21.6 Å². The second-order valence-corrected chi connectivity index (χ2v) is 6.81. The van der Waals surface area contributed by atoms with Crippen LogP contribution in [0.3, 0.4) is 0 Å². The quantitative estimate of drug-likeness (QED) is 0.451. The van der Waals surface area contributed by atoms with Crippen LogP contribution < -0.4 is 5.32 Å². The molecule has 0 unspecified atom stereocenters. The number of benzene rings is 3. The van der Waals surface area contributed by atoms with E-state index in [1.54, 1.807) is 24.3 Å². The van der Waals surface area contributed by atoms with Gasteiger partial charge in [-0.25, -0.2) is 14.2 Å². The molecule has 1 heterocycles. The number of fused-ring (bicyclic) bond motifs is 1. The molecule has 0 aliphatic rings. The first kappa shape index (κ1) is 19.6. The summed E-state index contributed by atoms with van der Waals surface area (Å²) in [5, 5.41) is 2.37. The minimum atomic E-state index is -0.668. The monoisotopic (exact) mass is 423 g/mol. The van der Waals surface area contributed by atoms with Gasteiger partial charge in [-0.15, -0.1) is 0 Å². The van der Waals surface area contributed by atoms with E-state index in [4.69, 9.17) is 16.3 Å². The van der Waals surface area contributed by atoms with E-state index < -0.39 is 24.3 Å². The highest BCUT2D eigenvalue weighted by molar-refractivity contribution is 6.31. The van der Waals surface area contributed by atoms with Gasteiger partial charge in [-0.2, -0.15) is 0 Å². The molecule has 0 spiro atoms. The highest BCUT2D eigenvalue weighted by Crippen LogP contribution is 2.24. The largest absolute Gasteiger partial charge is 0.452 e. The van der Waals surface area contributed by atoms with Gasteiger partial charge in [0.15, 0.2) is 6.61 Å². The number of ether oxygens (including phenoxy) is 1. The molecule has 0 aliphatic heterocycles. The van der Waals surface area contributed by atoms with E-state index in [-0.39, 0.29) is 10.6 Å². The molecule has 4 rings (SSSR count). The van der Waals surface area contributed by atoms with E-state index in [1.165, 1.54) is 12.1 Å². The number of carbonyl (C=O) groups excluding carboxylic acids is 2. The standard InChI is InChI=1S/C22H15ClFN3O3/c23-16-11-13(9-10-17(16)24)25-20(28)12-30-22(29)15-6-2-1-5-14(15)21-26-18-7-3-4-8-19(18)27-21/h1-11H,12H2,(H,25,28)(H,26,27). The number of nitrogens with zero attached hydrogens (tertiary/aromatic N) is 1. The van der Waals surface area contributed by atoms with Crippen molar-refractivity contribution in [1.82, 2.24) is 9.97 Å². The Morgan fingerprint density at radius 2 is 1.83 bits per heavy atom. The van der Waals surface area contributed by atoms with Gasteiger partial charge in [-0.3, -0.25) is 4.79 Å². The number of amides is 1. The van der Waals surface area contributed by atoms with Gasteiger partial charge in [0, 0.05) is 11.3 Å².